The highest BCUT2D eigenvalue weighted by molar-refractivity contribution is 9.10. The second kappa shape index (κ2) is 6.69. The molecule has 0 saturated carbocycles. The van der Waals surface area contributed by atoms with E-state index in [1.54, 1.807) is 30.3 Å². The van der Waals surface area contributed by atoms with Gasteiger partial charge in [0.2, 0.25) is 0 Å². The van der Waals surface area contributed by atoms with Crippen molar-refractivity contribution in [3.05, 3.63) is 56.5 Å². The van der Waals surface area contributed by atoms with Crippen molar-refractivity contribution in [2.24, 2.45) is 0 Å². The van der Waals surface area contributed by atoms with Crippen molar-refractivity contribution in [1.82, 2.24) is 0 Å². The van der Waals surface area contributed by atoms with E-state index in [4.69, 9.17) is 23.2 Å². The molecule has 0 radical (unpaired) electrons. The minimum atomic E-state index is -0.282. The second-order valence-electron chi connectivity index (χ2n) is 4.64. The van der Waals surface area contributed by atoms with Crippen molar-refractivity contribution in [1.29, 1.82) is 0 Å². The number of nitrogens with one attached hydrogen (secondary N) is 1. The maximum atomic E-state index is 12.2. The number of carbonyl (C=O) groups is 1. The molecule has 0 bridgehead atoms. The molecule has 110 valence electrons. The van der Waals surface area contributed by atoms with Crippen molar-refractivity contribution in [2.45, 2.75) is 0 Å². The Hall–Kier alpha value is -1.23. The lowest BCUT2D eigenvalue weighted by atomic mass is 10.2. The summed E-state index contributed by atoms with van der Waals surface area (Å²) in [6.45, 7) is 0. The summed E-state index contributed by atoms with van der Waals surface area (Å²) in [5, 5.41) is 3.75. The highest BCUT2D eigenvalue weighted by Crippen LogP contribution is 2.28. The molecule has 0 aliphatic heterocycles. The number of carbonyl (C=O) groups excluding carboxylic acids is 1. The third kappa shape index (κ3) is 3.90. The van der Waals surface area contributed by atoms with Crippen LogP contribution in [0.3, 0.4) is 0 Å². The van der Waals surface area contributed by atoms with Crippen molar-refractivity contribution in [3.8, 4) is 0 Å². The lowest BCUT2D eigenvalue weighted by Gasteiger charge is -2.15. The Kier molecular flexibility index (Phi) is 5.14. The van der Waals surface area contributed by atoms with E-state index in [9.17, 15) is 4.79 Å². The first-order valence-corrected chi connectivity index (χ1v) is 7.66. The fourth-order valence-electron chi connectivity index (χ4n) is 1.82. The molecular weight excluding hydrogens is 375 g/mol. The monoisotopic (exact) mass is 386 g/mol. The molecule has 3 nitrogen and oxygen atoms in total. The number of nitrogens with zero attached hydrogens (tertiary/aromatic N) is 1. The summed E-state index contributed by atoms with van der Waals surface area (Å²) in [5.74, 6) is -0.282. The van der Waals surface area contributed by atoms with Crippen LogP contribution >= 0.6 is 39.1 Å². The van der Waals surface area contributed by atoms with Gasteiger partial charge in [0, 0.05) is 24.3 Å². The van der Waals surface area contributed by atoms with Gasteiger partial charge >= 0.3 is 0 Å². The zero-order valence-corrected chi connectivity index (χ0v) is 14.6. The molecule has 6 heteroatoms. The molecule has 0 heterocycles. The first-order chi connectivity index (χ1) is 9.88. The van der Waals surface area contributed by atoms with Gasteiger partial charge in [0.05, 0.1) is 21.3 Å². The van der Waals surface area contributed by atoms with Gasteiger partial charge in [-0.1, -0.05) is 39.1 Å². The highest BCUT2D eigenvalue weighted by Gasteiger charge is 2.12. The average Bonchev–Trinajstić information content (AvgIpc) is 2.41. The van der Waals surface area contributed by atoms with Crippen LogP contribution in [0.5, 0.6) is 0 Å². The van der Waals surface area contributed by atoms with E-state index < -0.39 is 0 Å². The molecule has 1 N–H and O–H groups in total. The summed E-state index contributed by atoms with van der Waals surface area (Å²) in [6, 6.07) is 10.5. The van der Waals surface area contributed by atoms with Crippen LogP contribution in [0.2, 0.25) is 10.0 Å². The molecule has 21 heavy (non-hydrogen) atoms. The summed E-state index contributed by atoms with van der Waals surface area (Å²) >= 11 is 15.5. The third-order valence-corrected chi connectivity index (χ3v) is 3.99. The topological polar surface area (TPSA) is 32.3 Å². The van der Waals surface area contributed by atoms with Crippen LogP contribution in [-0.2, 0) is 0 Å². The number of hydrogen-bond donors (Lipinski definition) is 1. The highest BCUT2D eigenvalue weighted by atomic mass is 79.9. The maximum Gasteiger partial charge on any atom is 0.257 e. The Morgan fingerprint density at radius 3 is 2.43 bits per heavy atom. The molecule has 0 aliphatic carbocycles. The zero-order chi connectivity index (χ0) is 15.6. The summed E-state index contributed by atoms with van der Waals surface area (Å²) in [7, 11) is 3.81. The maximum absolute atomic E-state index is 12.2. The number of benzene rings is 2. The van der Waals surface area contributed by atoms with Gasteiger partial charge in [0.25, 0.3) is 5.91 Å². The molecular formula is C15H13BrCl2N2O. The SMILES string of the molecule is CN(C)c1ccc(NC(=O)c2cc(Br)ccc2Cl)cc1Cl. The van der Waals surface area contributed by atoms with Crippen molar-refractivity contribution in [3.63, 3.8) is 0 Å². The molecule has 0 aliphatic rings. The van der Waals surface area contributed by atoms with Gasteiger partial charge in [-0.05, 0) is 36.4 Å². The number of anilines is 2. The van der Waals surface area contributed by atoms with Crippen LogP contribution < -0.4 is 10.2 Å². The van der Waals surface area contributed by atoms with E-state index in [2.05, 4.69) is 21.2 Å². The molecule has 0 atom stereocenters. The minimum Gasteiger partial charge on any atom is -0.376 e. The summed E-state index contributed by atoms with van der Waals surface area (Å²) in [4.78, 5) is 14.1. The van der Waals surface area contributed by atoms with Crippen molar-refractivity contribution >= 4 is 56.4 Å². The van der Waals surface area contributed by atoms with E-state index in [0.717, 1.165) is 10.2 Å². The third-order valence-electron chi connectivity index (χ3n) is 2.86. The summed E-state index contributed by atoms with van der Waals surface area (Å²) < 4.78 is 0.790. The normalized spacial score (nSPS) is 10.3. The predicted octanol–water partition coefficient (Wildman–Crippen LogP) is 5.07. The fraction of sp³-hybridized carbons (Fsp3) is 0.133. The van der Waals surface area contributed by atoms with Gasteiger partial charge in [0.15, 0.2) is 0 Å². The van der Waals surface area contributed by atoms with E-state index in [-0.39, 0.29) is 5.91 Å². The van der Waals surface area contributed by atoms with Crippen LogP contribution in [-0.4, -0.2) is 20.0 Å². The molecule has 0 unspecified atom stereocenters. The van der Waals surface area contributed by atoms with Gasteiger partial charge in [-0.2, -0.15) is 0 Å². The molecule has 2 aromatic rings. The largest absolute Gasteiger partial charge is 0.376 e. The molecule has 0 fully saturated rings. The first kappa shape index (κ1) is 16.1. The molecule has 0 aromatic heterocycles. The van der Waals surface area contributed by atoms with Crippen LogP contribution in [0.25, 0.3) is 0 Å². The van der Waals surface area contributed by atoms with Gasteiger partial charge in [-0.25, -0.2) is 0 Å². The van der Waals surface area contributed by atoms with E-state index in [1.807, 2.05) is 25.1 Å². The van der Waals surface area contributed by atoms with Gasteiger partial charge in [-0.15, -0.1) is 0 Å². The van der Waals surface area contributed by atoms with Crippen molar-refractivity contribution < 1.29 is 4.79 Å². The van der Waals surface area contributed by atoms with E-state index in [0.29, 0.717) is 21.3 Å². The number of rotatable bonds is 3. The second-order valence-corrected chi connectivity index (χ2v) is 6.37. The van der Waals surface area contributed by atoms with E-state index in [1.165, 1.54) is 0 Å². The number of hydrogen-bond acceptors (Lipinski definition) is 2. The number of halogens is 3. The lowest BCUT2D eigenvalue weighted by Crippen LogP contribution is -2.13. The molecule has 2 rings (SSSR count). The molecule has 1 amide bonds. The quantitative estimate of drug-likeness (QED) is 0.796. The average molecular weight is 388 g/mol. The van der Waals surface area contributed by atoms with Gasteiger partial charge in [0.1, 0.15) is 0 Å². The Labute approximate surface area is 142 Å². The Balaban J connectivity index is 2.24. The van der Waals surface area contributed by atoms with Crippen LogP contribution in [0, 0.1) is 0 Å². The Morgan fingerprint density at radius 2 is 1.81 bits per heavy atom. The van der Waals surface area contributed by atoms with Crippen LogP contribution in [0.4, 0.5) is 11.4 Å². The van der Waals surface area contributed by atoms with E-state index >= 15 is 0 Å². The molecule has 0 saturated heterocycles. The Bertz CT molecular complexity index is 689. The Morgan fingerprint density at radius 1 is 1.10 bits per heavy atom. The number of amides is 1. The van der Waals surface area contributed by atoms with Gasteiger partial charge in [-0.3, -0.25) is 4.79 Å². The standard InChI is InChI=1S/C15H13BrCl2N2O/c1-20(2)14-6-4-10(8-13(14)18)19-15(21)11-7-9(16)3-5-12(11)17/h3-8H,1-2H3,(H,19,21). The smallest absolute Gasteiger partial charge is 0.257 e. The molecule has 0 spiro atoms. The molecule has 2 aromatic carbocycles. The van der Waals surface area contributed by atoms with Crippen LogP contribution in [0.15, 0.2) is 40.9 Å². The fourth-order valence-corrected chi connectivity index (χ4v) is 2.73. The summed E-state index contributed by atoms with van der Waals surface area (Å²) in [6.07, 6.45) is 0. The lowest BCUT2D eigenvalue weighted by molar-refractivity contribution is 0.102. The zero-order valence-electron chi connectivity index (χ0n) is 11.5. The predicted molar refractivity (Wildman–Crippen MR) is 92.9 cm³/mol. The first-order valence-electron chi connectivity index (χ1n) is 6.12. The minimum absolute atomic E-state index is 0.282. The van der Waals surface area contributed by atoms with Crippen molar-refractivity contribution in [2.75, 3.05) is 24.3 Å². The van der Waals surface area contributed by atoms with Gasteiger partial charge < -0.3 is 10.2 Å². The summed E-state index contributed by atoms with van der Waals surface area (Å²) in [5.41, 5.74) is 1.90. The van der Waals surface area contributed by atoms with Crippen LogP contribution in [0.1, 0.15) is 10.4 Å².